The summed E-state index contributed by atoms with van der Waals surface area (Å²) in [5.74, 6) is 0.932. The molecule has 0 aliphatic heterocycles. The summed E-state index contributed by atoms with van der Waals surface area (Å²) in [7, 11) is 2.15. The van der Waals surface area contributed by atoms with Crippen LogP contribution in [0.5, 0.6) is 5.75 Å². The number of nitrogens with one attached hydrogen (secondary N) is 1. The summed E-state index contributed by atoms with van der Waals surface area (Å²) in [6.07, 6.45) is 3.61. The van der Waals surface area contributed by atoms with Gasteiger partial charge in [-0.25, -0.2) is 0 Å². The van der Waals surface area contributed by atoms with E-state index in [0.29, 0.717) is 12.6 Å². The van der Waals surface area contributed by atoms with Gasteiger partial charge in [0.15, 0.2) is 0 Å². The van der Waals surface area contributed by atoms with Gasteiger partial charge >= 0.3 is 0 Å². The smallest absolute Gasteiger partial charge is 0.124 e. The lowest BCUT2D eigenvalue weighted by atomic mass is 10.2. The Morgan fingerprint density at radius 3 is 2.74 bits per heavy atom. The molecule has 1 heterocycles. The number of benzene rings is 1. The van der Waals surface area contributed by atoms with Gasteiger partial charge in [0.2, 0.25) is 0 Å². The molecule has 4 nitrogen and oxygen atoms in total. The van der Waals surface area contributed by atoms with Crippen LogP contribution in [0.3, 0.4) is 0 Å². The zero-order valence-electron chi connectivity index (χ0n) is 14.3. The summed E-state index contributed by atoms with van der Waals surface area (Å²) in [6.45, 7) is 7.78. The number of aromatic nitrogens is 1. The van der Waals surface area contributed by atoms with E-state index in [1.165, 1.54) is 5.56 Å². The standard InChI is InChI=1S/C19H27N3O/c1-16(2)22(3)12-11-21-14-18-8-4-5-9-19(18)23-15-17-7-6-10-20-13-17/h4-10,13,16,21H,11-12,14-15H2,1-3H3. The highest BCUT2D eigenvalue weighted by atomic mass is 16.5. The molecule has 4 heteroatoms. The van der Waals surface area contributed by atoms with Gasteiger partial charge in [0.25, 0.3) is 0 Å². The second-order valence-electron chi connectivity index (χ2n) is 6.01. The van der Waals surface area contributed by atoms with Crippen LogP contribution in [0.2, 0.25) is 0 Å². The van der Waals surface area contributed by atoms with Gasteiger partial charge in [0.05, 0.1) is 0 Å². The number of pyridine rings is 1. The fourth-order valence-electron chi connectivity index (χ4n) is 2.17. The van der Waals surface area contributed by atoms with Crippen molar-refractivity contribution in [2.45, 2.75) is 33.0 Å². The molecule has 0 aliphatic rings. The van der Waals surface area contributed by atoms with Crippen molar-refractivity contribution in [2.75, 3.05) is 20.1 Å². The predicted molar refractivity (Wildman–Crippen MR) is 94.5 cm³/mol. The number of ether oxygens (including phenoxy) is 1. The van der Waals surface area contributed by atoms with E-state index in [1.54, 1.807) is 6.20 Å². The average molecular weight is 313 g/mol. The minimum atomic E-state index is 0.543. The minimum Gasteiger partial charge on any atom is -0.489 e. The van der Waals surface area contributed by atoms with Crippen LogP contribution in [0, 0.1) is 0 Å². The Bertz CT molecular complexity index is 572. The lowest BCUT2D eigenvalue weighted by molar-refractivity contribution is 0.272. The Morgan fingerprint density at radius 2 is 2.00 bits per heavy atom. The van der Waals surface area contributed by atoms with E-state index in [-0.39, 0.29) is 0 Å². The molecule has 0 atom stereocenters. The zero-order valence-corrected chi connectivity index (χ0v) is 14.3. The third kappa shape index (κ3) is 6.00. The van der Waals surface area contributed by atoms with Gasteiger partial charge in [0.1, 0.15) is 12.4 Å². The maximum atomic E-state index is 5.95. The van der Waals surface area contributed by atoms with Gasteiger partial charge in [0, 0.05) is 49.2 Å². The molecule has 0 fully saturated rings. The number of hydrogen-bond donors (Lipinski definition) is 1. The third-order valence-electron chi connectivity index (χ3n) is 3.93. The van der Waals surface area contributed by atoms with Gasteiger partial charge in [-0.05, 0) is 33.0 Å². The van der Waals surface area contributed by atoms with Crippen LogP contribution in [0.1, 0.15) is 25.0 Å². The van der Waals surface area contributed by atoms with E-state index < -0.39 is 0 Å². The van der Waals surface area contributed by atoms with Gasteiger partial charge in [-0.1, -0.05) is 24.3 Å². The molecule has 124 valence electrons. The number of likely N-dealkylation sites (N-methyl/N-ethyl adjacent to an activating group) is 1. The van der Waals surface area contributed by atoms with Gasteiger partial charge in [-0.2, -0.15) is 0 Å². The summed E-state index contributed by atoms with van der Waals surface area (Å²) in [4.78, 5) is 6.44. The summed E-state index contributed by atoms with van der Waals surface area (Å²) in [6, 6.07) is 12.7. The molecule has 0 saturated carbocycles. The van der Waals surface area contributed by atoms with Crippen LogP contribution in [-0.4, -0.2) is 36.1 Å². The Balaban J connectivity index is 1.83. The van der Waals surface area contributed by atoms with Gasteiger partial charge in [-0.3, -0.25) is 4.98 Å². The average Bonchev–Trinajstić information content (AvgIpc) is 2.58. The molecular weight excluding hydrogens is 286 g/mol. The second kappa shape index (κ2) is 9.28. The molecule has 0 amide bonds. The van der Waals surface area contributed by atoms with Crippen molar-refractivity contribution in [1.29, 1.82) is 0 Å². The first kappa shape index (κ1) is 17.4. The fourth-order valence-corrected chi connectivity index (χ4v) is 2.17. The highest BCUT2D eigenvalue weighted by Gasteiger charge is 2.05. The maximum absolute atomic E-state index is 5.95. The highest BCUT2D eigenvalue weighted by Crippen LogP contribution is 2.19. The van der Waals surface area contributed by atoms with Crippen molar-refractivity contribution in [3.63, 3.8) is 0 Å². The van der Waals surface area contributed by atoms with Gasteiger partial charge < -0.3 is 15.0 Å². The van der Waals surface area contributed by atoms with Crippen LogP contribution in [0.4, 0.5) is 0 Å². The molecule has 1 aromatic carbocycles. The summed E-state index contributed by atoms with van der Waals surface area (Å²) in [5.41, 5.74) is 2.26. The lowest BCUT2D eigenvalue weighted by Gasteiger charge is -2.21. The predicted octanol–water partition coefficient (Wildman–Crippen LogP) is 3.09. The summed E-state index contributed by atoms with van der Waals surface area (Å²) >= 11 is 0. The normalized spacial score (nSPS) is 11.2. The summed E-state index contributed by atoms with van der Waals surface area (Å²) in [5, 5.41) is 3.49. The Labute approximate surface area is 139 Å². The first-order chi connectivity index (χ1) is 11.2. The summed E-state index contributed by atoms with van der Waals surface area (Å²) < 4.78 is 5.95. The molecule has 1 N–H and O–H groups in total. The van der Waals surface area contributed by atoms with E-state index in [4.69, 9.17) is 4.74 Å². The number of para-hydroxylation sites is 1. The van der Waals surface area contributed by atoms with E-state index in [0.717, 1.165) is 30.9 Å². The lowest BCUT2D eigenvalue weighted by Crippen LogP contribution is -2.33. The quantitative estimate of drug-likeness (QED) is 0.722. The van der Waals surface area contributed by atoms with E-state index in [2.05, 4.69) is 42.2 Å². The molecule has 2 aromatic rings. The Kier molecular flexibility index (Phi) is 7.04. The molecule has 0 bridgehead atoms. The van der Waals surface area contributed by atoms with Crippen molar-refractivity contribution in [3.05, 3.63) is 59.9 Å². The van der Waals surface area contributed by atoms with Crippen LogP contribution >= 0.6 is 0 Å². The topological polar surface area (TPSA) is 37.4 Å². The SMILES string of the molecule is CC(C)N(C)CCNCc1ccccc1OCc1cccnc1. The van der Waals surface area contributed by atoms with Crippen LogP contribution in [0.25, 0.3) is 0 Å². The van der Waals surface area contributed by atoms with Crippen LogP contribution in [-0.2, 0) is 13.2 Å². The molecular formula is C19H27N3O. The first-order valence-corrected chi connectivity index (χ1v) is 8.17. The molecule has 23 heavy (non-hydrogen) atoms. The molecule has 0 unspecified atom stereocenters. The molecule has 0 radical (unpaired) electrons. The molecule has 1 aromatic heterocycles. The van der Waals surface area contributed by atoms with Crippen molar-refractivity contribution in [2.24, 2.45) is 0 Å². The molecule has 0 aliphatic carbocycles. The minimum absolute atomic E-state index is 0.543. The maximum Gasteiger partial charge on any atom is 0.124 e. The van der Waals surface area contributed by atoms with Crippen molar-refractivity contribution < 1.29 is 4.74 Å². The van der Waals surface area contributed by atoms with E-state index in [9.17, 15) is 0 Å². The Hall–Kier alpha value is -1.91. The Morgan fingerprint density at radius 1 is 1.17 bits per heavy atom. The molecule has 0 spiro atoms. The van der Waals surface area contributed by atoms with Gasteiger partial charge in [-0.15, -0.1) is 0 Å². The largest absolute Gasteiger partial charge is 0.489 e. The van der Waals surface area contributed by atoms with Crippen molar-refractivity contribution in [3.8, 4) is 5.75 Å². The number of hydrogen-bond acceptors (Lipinski definition) is 4. The second-order valence-corrected chi connectivity index (χ2v) is 6.01. The van der Waals surface area contributed by atoms with Crippen molar-refractivity contribution >= 4 is 0 Å². The fraction of sp³-hybridized carbons (Fsp3) is 0.421. The number of nitrogens with zero attached hydrogens (tertiary/aromatic N) is 2. The zero-order chi connectivity index (χ0) is 16.5. The van der Waals surface area contributed by atoms with Crippen LogP contribution < -0.4 is 10.1 Å². The highest BCUT2D eigenvalue weighted by molar-refractivity contribution is 5.33. The monoisotopic (exact) mass is 313 g/mol. The van der Waals surface area contributed by atoms with E-state index >= 15 is 0 Å². The van der Waals surface area contributed by atoms with Crippen molar-refractivity contribution in [1.82, 2.24) is 15.2 Å². The first-order valence-electron chi connectivity index (χ1n) is 8.17. The molecule has 2 rings (SSSR count). The third-order valence-corrected chi connectivity index (χ3v) is 3.93. The number of rotatable bonds is 9. The van der Waals surface area contributed by atoms with E-state index in [1.807, 2.05) is 36.5 Å². The van der Waals surface area contributed by atoms with Crippen LogP contribution in [0.15, 0.2) is 48.8 Å². The molecule has 0 saturated heterocycles.